The van der Waals surface area contributed by atoms with Crippen molar-refractivity contribution in [3.05, 3.63) is 0 Å². The molecule has 3 heterocycles. The van der Waals surface area contributed by atoms with Crippen molar-refractivity contribution in [2.45, 2.75) is 31.0 Å². The molecular weight excluding hydrogens is 216 g/mol. The second-order valence-corrected chi connectivity index (χ2v) is 4.05. The molecule has 0 bridgehead atoms. The van der Waals surface area contributed by atoms with E-state index in [-0.39, 0.29) is 18.5 Å². The molecule has 88 valence electrons. The molecule has 0 saturated carbocycles. The number of aliphatic imine (C=N–C) groups is 1. The molecule has 4 atom stereocenters. The highest BCUT2D eigenvalue weighted by Gasteiger charge is 2.54. The van der Waals surface area contributed by atoms with E-state index < -0.39 is 24.5 Å². The number of hydrogen-bond donors (Lipinski definition) is 2. The quantitative estimate of drug-likeness (QED) is 0.542. The fourth-order valence-electron chi connectivity index (χ4n) is 2.24. The highest BCUT2D eigenvalue weighted by molar-refractivity contribution is 5.93. The van der Waals surface area contributed by atoms with Crippen LogP contribution in [-0.4, -0.2) is 64.7 Å². The van der Waals surface area contributed by atoms with Crippen LogP contribution < -0.4 is 0 Å². The second-order valence-electron chi connectivity index (χ2n) is 4.05. The van der Waals surface area contributed by atoms with Crippen LogP contribution in [0.4, 0.5) is 0 Å². The van der Waals surface area contributed by atoms with E-state index in [1.54, 1.807) is 4.90 Å². The van der Waals surface area contributed by atoms with Gasteiger partial charge in [0, 0.05) is 13.0 Å². The lowest BCUT2D eigenvalue weighted by Gasteiger charge is -2.24. The molecule has 1 amide bonds. The van der Waals surface area contributed by atoms with Crippen LogP contribution in [0.3, 0.4) is 0 Å². The van der Waals surface area contributed by atoms with E-state index in [2.05, 4.69) is 4.99 Å². The van der Waals surface area contributed by atoms with Gasteiger partial charge in [-0.25, -0.2) is 0 Å². The van der Waals surface area contributed by atoms with E-state index in [0.29, 0.717) is 13.0 Å². The Kier molecular flexibility index (Phi) is 2.13. The summed E-state index contributed by atoms with van der Waals surface area (Å²) in [5.41, 5.74) is 0. The number of ether oxygens (including phenoxy) is 2. The molecule has 7 heteroatoms. The lowest BCUT2D eigenvalue weighted by molar-refractivity contribution is -0.119. The van der Waals surface area contributed by atoms with E-state index in [0.717, 1.165) is 0 Å². The standard InChI is InChI=1S/C9H12N2O5/c12-3-4-6(14)7-8(15-4)11-2-1-5(13)10-9(11)16-7/h4,6-8,12,14H,1-3H2/t4-,6-,7+,8-/m0/s1. The van der Waals surface area contributed by atoms with Gasteiger partial charge in [0.1, 0.15) is 12.2 Å². The summed E-state index contributed by atoms with van der Waals surface area (Å²) in [6.07, 6.45) is -2.22. The number of rotatable bonds is 1. The minimum atomic E-state index is -0.890. The smallest absolute Gasteiger partial charge is 0.297 e. The zero-order valence-electron chi connectivity index (χ0n) is 8.44. The Balaban J connectivity index is 1.85. The summed E-state index contributed by atoms with van der Waals surface area (Å²) in [6.45, 7) is 0.223. The van der Waals surface area contributed by atoms with Crippen molar-refractivity contribution in [1.29, 1.82) is 0 Å². The molecule has 0 aromatic rings. The van der Waals surface area contributed by atoms with Gasteiger partial charge in [0.25, 0.3) is 11.9 Å². The maximum absolute atomic E-state index is 11.1. The third-order valence-electron chi connectivity index (χ3n) is 3.07. The van der Waals surface area contributed by atoms with Crippen LogP contribution in [-0.2, 0) is 14.3 Å². The van der Waals surface area contributed by atoms with Crippen molar-refractivity contribution >= 4 is 11.9 Å². The Labute approximate surface area is 91.3 Å². The molecule has 2 saturated heterocycles. The maximum atomic E-state index is 11.1. The SMILES string of the molecule is O=C1CCN2C(=N1)O[C@@H]1[C@@H](O)[C@H](CO)O[C@@H]12. The highest BCUT2D eigenvalue weighted by Crippen LogP contribution is 2.33. The Morgan fingerprint density at radius 3 is 3.12 bits per heavy atom. The van der Waals surface area contributed by atoms with Crippen molar-refractivity contribution in [3.63, 3.8) is 0 Å². The maximum Gasteiger partial charge on any atom is 0.297 e. The molecule has 16 heavy (non-hydrogen) atoms. The van der Waals surface area contributed by atoms with Crippen LogP contribution in [0, 0.1) is 0 Å². The largest absolute Gasteiger partial charge is 0.454 e. The number of amides is 1. The Bertz CT molecular complexity index is 358. The first-order valence-corrected chi connectivity index (χ1v) is 5.20. The van der Waals surface area contributed by atoms with Gasteiger partial charge in [-0.2, -0.15) is 4.99 Å². The molecule has 3 aliphatic rings. The molecular formula is C9H12N2O5. The summed E-state index contributed by atoms with van der Waals surface area (Å²) in [5, 5.41) is 18.8. The molecule has 0 unspecified atom stereocenters. The summed E-state index contributed by atoms with van der Waals surface area (Å²) in [6, 6.07) is 0.224. The summed E-state index contributed by atoms with van der Waals surface area (Å²) in [4.78, 5) is 16.5. The van der Waals surface area contributed by atoms with Gasteiger partial charge in [-0.1, -0.05) is 0 Å². The zero-order valence-corrected chi connectivity index (χ0v) is 8.44. The number of nitrogens with zero attached hydrogens (tertiary/aromatic N) is 2. The molecule has 3 rings (SSSR count). The molecule has 2 N–H and O–H groups in total. The van der Waals surface area contributed by atoms with Gasteiger partial charge in [0.15, 0.2) is 12.3 Å². The second kappa shape index (κ2) is 3.41. The molecule has 2 fully saturated rings. The fraction of sp³-hybridized carbons (Fsp3) is 0.778. The molecule has 0 radical (unpaired) electrons. The van der Waals surface area contributed by atoms with Crippen LogP contribution in [0.2, 0.25) is 0 Å². The minimum absolute atomic E-state index is 0.223. The van der Waals surface area contributed by atoms with Crippen LogP contribution in [0.15, 0.2) is 4.99 Å². The normalized spacial score (nSPS) is 41.5. The summed E-state index contributed by atoms with van der Waals surface area (Å²) < 4.78 is 10.8. The molecule has 0 aliphatic carbocycles. The lowest BCUT2D eigenvalue weighted by atomic mass is 10.1. The topological polar surface area (TPSA) is 91.6 Å². The molecule has 0 aromatic carbocycles. The highest BCUT2D eigenvalue weighted by atomic mass is 16.6. The lowest BCUT2D eigenvalue weighted by Crippen LogP contribution is -2.40. The summed E-state index contributed by atoms with van der Waals surface area (Å²) in [5.74, 6) is -0.223. The number of hydrogen-bond acceptors (Lipinski definition) is 6. The molecule has 0 spiro atoms. The first kappa shape index (κ1) is 10.0. The van der Waals surface area contributed by atoms with E-state index in [4.69, 9.17) is 14.6 Å². The number of aliphatic hydroxyl groups is 2. The average Bonchev–Trinajstić information content (AvgIpc) is 2.75. The third-order valence-corrected chi connectivity index (χ3v) is 3.07. The van der Waals surface area contributed by atoms with Crippen molar-refractivity contribution in [3.8, 4) is 0 Å². The molecule has 7 nitrogen and oxygen atoms in total. The third kappa shape index (κ3) is 1.25. The molecule has 0 aromatic heterocycles. The van der Waals surface area contributed by atoms with Crippen LogP contribution >= 0.6 is 0 Å². The predicted octanol–water partition coefficient (Wildman–Crippen LogP) is -1.95. The summed E-state index contributed by atoms with van der Waals surface area (Å²) >= 11 is 0. The number of aliphatic hydroxyl groups excluding tert-OH is 2. The van der Waals surface area contributed by atoms with Gasteiger partial charge in [0.05, 0.1) is 6.61 Å². The van der Waals surface area contributed by atoms with Gasteiger partial charge in [-0.3, -0.25) is 9.69 Å². The summed E-state index contributed by atoms with van der Waals surface area (Å²) in [7, 11) is 0. The number of carbonyl (C=O) groups is 1. The van der Waals surface area contributed by atoms with Crippen LogP contribution in [0.1, 0.15) is 6.42 Å². The van der Waals surface area contributed by atoms with Gasteiger partial charge in [0.2, 0.25) is 0 Å². The molecule has 3 aliphatic heterocycles. The number of fused-ring (bicyclic) bond motifs is 3. The van der Waals surface area contributed by atoms with Crippen LogP contribution in [0.25, 0.3) is 0 Å². The van der Waals surface area contributed by atoms with Gasteiger partial charge >= 0.3 is 0 Å². The first-order chi connectivity index (χ1) is 7.70. The van der Waals surface area contributed by atoms with Crippen LogP contribution in [0.5, 0.6) is 0 Å². The van der Waals surface area contributed by atoms with E-state index >= 15 is 0 Å². The van der Waals surface area contributed by atoms with E-state index in [1.165, 1.54) is 0 Å². The van der Waals surface area contributed by atoms with Gasteiger partial charge in [-0.05, 0) is 0 Å². The number of carbonyl (C=O) groups excluding carboxylic acids is 1. The zero-order chi connectivity index (χ0) is 11.3. The van der Waals surface area contributed by atoms with Crippen molar-refractivity contribution in [1.82, 2.24) is 4.90 Å². The first-order valence-electron chi connectivity index (χ1n) is 5.20. The van der Waals surface area contributed by atoms with Crippen molar-refractivity contribution in [2.24, 2.45) is 4.99 Å². The van der Waals surface area contributed by atoms with E-state index in [9.17, 15) is 9.90 Å². The van der Waals surface area contributed by atoms with Gasteiger partial charge < -0.3 is 19.7 Å². The van der Waals surface area contributed by atoms with E-state index in [1.807, 2.05) is 0 Å². The van der Waals surface area contributed by atoms with Gasteiger partial charge in [-0.15, -0.1) is 0 Å². The predicted molar refractivity (Wildman–Crippen MR) is 50.4 cm³/mol. The van der Waals surface area contributed by atoms with Crippen molar-refractivity contribution in [2.75, 3.05) is 13.2 Å². The minimum Gasteiger partial charge on any atom is -0.454 e. The Morgan fingerprint density at radius 1 is 1.56 bits per heavy atom. The fourth-order valence-corrected chi connectivity index (χ4v) is 2.24. The Morgan fingerprint density at radius 2 is 2.38 bits per heavy atom. The average molecular weight is 228 g/mol. The van der Waals surface area contributed by atoms with Crippen molar-refractivity contribution < 1.29 is 24.5 Å². The Hall–Kier alpha value is -1.18. The number of amidine groups is 1. The monoisotopic (exact) mass is 228 g/mol.